The predicted molar refractivity (Wildman–Crippen MR) is 118 cm³/mol. The Morgan fingerprint density at radius 3 is 2.50 bits per heavy atom. The van der Waals surface area contributed by atoms with Gasteiger partial charge in [0.1, 0.15) is 6.61 Å². The molecule has 0 unspecified atom stereocenters. The molecule has 0 spiro atoms. The molecule has 0 aliphatic rings. The number of aliphatic hydroxyl groups excluding tert-OH is 1. The van der Waals surface area contributed by atoms with Crippen molar-refractivity contribution in [2.24, 2.45) is 0 Å². The highest BCUT2D eigenvalue weighted by Crippen LogP contribution is 2.34. The minimum atomic E-state index is 0.165. The molecule has 0 saturated heterocycles. The van der Waals surface area contributed by atoms with Crippen LogP contribution in [0.15, 0.2) is 34.8 Å². The summed E-state index contributed by atoms with van der Waals surface area (Å²) < 4.78 is 12.3. The van der Waals surface area contributed by atoms with Crippen LogP contribution in [0.4, 0.5) is 0 Å². The maximum atomic E-state index is 8.73. The van der Waals surface area contributed by atoms with E-state index in [0.29, 0.717) is 41.2 Å². The highest BCUT2D eigenvalue weighted by molar-refractivity contribution is 9.10. The van der Waals surface area contributed by atoms with Crippen LogP contribution in [0, 0.1) is 0 Å². The number of methoxy groups -OCH3 is 1. The molecule has 154 valence electrons. The van der Waals surface area contributed by atoms with Crippen LogP contribution < -0.4 is 20.1 Å². The lowest BCUT2D eigenvalue weighted by molar-refractivity contribution is 0.284. The number of aliphatic hydroxyl groups is 1. The Balaban J connectivity index is 1.92. The summed E-state index contributed by atoms with van der Waals surface area (Å²) in [5.41, 5.74) is 1.93. The van der Waals surface area contributed by atoms with Crippen molar-refractivity contribution in [2.75, 3.05) is 33.4 Å². The SMILES string of the molecule is COc1cc(CNCCCNCCO)c(Br)cc1OCc1ccc(Cl)cc1Cl. The second-order valence-electron chi connectivity index (χ2n) is 6.12. The Morgan fingerprint density at radius 1 is 1.00 bits per heavy atom. The van der Waals surface area contributed by atoms with E-state index in [-0.39, 0.29) is 6.61 Å². The van der Waals surface area contributed by atoms with Crippen LogP contribution in [-0.2, 0) is 13.2 Å². The molecular weight excluding hydrogens is 467 g/mol. The lowest BCUT2D eigenvalue weighted by Gasteiger charge is -2.15. The van der Waals surface area contributed by atoms with Crippen molar-refractivity contribution in [1.82, 2.24) is 10.6 Å². The van der Waals surface area contributed by atoms with Crippen LogP contribution in [0.3, 0.4) is 0 Å². The van der Waals surface area contributed by atoms with Crippen LogP contribution >= 0.6 is 39.1 Å². The molecule has 0 bridgehead atoms. The highest BCUT2D eigenvalue weighted by Gasteiger charge is 2.11. The largest absolute Gasteiger partial charge is 0.493 e. The van der Waals surface area contributed by atoms with Crippen molar-refractivity contribution in [3.63, 3.8) is 0 Å². The summed E-state index contributed by atoms with van der Waals surface area (Å²) >= 11 is 15.7. The first kappa shape index (κ1) is 23.3. The van der Waals surface area contributed by atoms with Gasteiger partial charge in [0.05, 0.1) is 13.7 Å². The Kier molecular flexibility index (Phi) is 10.4. The van der Waals surface area contributed by atoms with Gasteiger partial charge in [0.15, 0.2) is 11.5 Å². The molecule has 28 heavy (non-hydrogen) atoms. The summed E-state index contributed by atoms with van der Waals surface area (Å²) in [6.45, 7) is 3.57. The molecule has 0 aliphatic carbocycles. The second-order valence-corrected chi connectivity index (χ2v) is 7.82. The number of benzene rings is 2. The van der Waals surface area contributed by atoms with Gasteiger partial charge in [-0.2, -0.15) is 0 Å². The lowest BCUT2D eigenvalue weighted by Crippen LogP contribution is -2.24. The maximum absolute atomic E-state index is 8.73. The third-order valence-electron chi connectivity index (χ3n) is 4.04. The third-order valence-corrected chi connectivity index (χ3v) is 5.37. The van der Waals surface area contributed by atoms with Crippen LogP contribution in [0.2, 0.25) is 10.0 Å². The molecule has 2 aromatic carbocycles. The zero-order chi connectivity index (χ0) is 20.4. The van der Waals surface area contributed by atoms with E-state index in [2.05, 4.69) is 26.6 Å². The van der Waals surface area contributed by atoms with Gasteiger partial charge in [-0.25, -0.2) is 0 Å². The first-order valence-electron chi connectivity index (χ1n) is 9.00. The van der Waals surface area contributed by atoms with E-state index in [4.69, 9.17) is 37.8 Å². The molecule has 0 aliphatic heterocycles. The third kappa shape index (κ3) is 7.43. The van der Waals surface area contributed by atoms with Gasteiger partial charge in [-0.1, -0.05) is 45.2 Å². The fraction of sp³-hybridized carbons (Fsp3) is 0.400. The average Bonchev–Trinajstić information content (AvgIpc) is 2.67. The molecular formula is C20H25BrCl2N2O3. The van der Waals surface area contributed by atoms with Gasteiger partial charge in [0, 0.05) is 33.2 Å². The standard InChI is InChI=1S/C20H25BrCl2N2O3/c1-27-19-9-15(12-25-6-2-5-24-7-8-26)17(21)11-20(19)28-13-14-3-4-16(22)10-18(14)23/h3-4,9-11,24-26H,2,5-8,12-13H2,1H3. The Labute approximate surface area is 184 Å². The number of hydrogen-bond donors (Lipinski definition) is 3. The summed E-state index contributed by atoms with van der Waals surface area (Å²) in [7, 11) is 1.62. The average molecular weight is 492 g/mol. The molecule has 5 nitrogen and oxygen atoms in total. The normalized spacial score (nSPS) is 10.9. The minimum Gasteiger partial charge on any atom is -0.493 e. The maximum Gasteiger partial charge on any atom is 0.162 e. The van der Waals surface area contributed by atoms with E-state index in [9.17, 15) is 0 Å². The second kappa shape index (κ2) is 12.5. The van der Waals surface area contributed by atoms with Crippen molar-refractivity contribution in [1.29, 1.82) is 0 Å². The smallest absolute Gasteiger partial charge is 0.162 e. The number of hydrogen-bond acceptors (Lipinski definition) is 5. The molecule has 0 fully saturated rings. The summed E-state index contributed by atoms with van der Waals surface area (Å²) in [6, 6.07) is 9.19. The molecule has 0 heterocycles. The predicted octanol–water partition coefficient (Wildman–Crippen LogP) is 4.41. The first-order chi connectivity index (χ1) is 13.5. The van der Waals surface area contributed by atoms with E-state index in [0.717, 1.165) is 35.1 Å². The van der Waals surface area contributed by atoms with E-state index < -0.39 is 0 Å². The molecule has 0 atom stereocenters. The number of nitrogens with one attached hydrogen (secondary N) is 2. The topological polar surface area (TPSA) is 62.8 Å². The summed E-state index contributed by atoms with van der Waals surface area (Å²) in [5, 5.41) is 16.4. The van der Waals surface area contributed by atoms with Crippen molar-refractivity contribution in [3.05, 3.63) is 56.0 Å². The molecule has 0 saturated carbocycles. The van der Waals surface area contributed by atoms with E-state index in [1.807, 2.05) is 18.2 Å². The Hall–Kier alpha value is -1.02. The van der Waals surface area contributed by atoms with Crippen molar-refractivity contribution < 1.29 is 14.6 Å². The fourth-order valence-corrected chi connectivity index (χ4v) is 3.47. The molecule has 2 rings (SSSR count). The zero-order valence-corrected chi connectivity index (χ0v) is 18.8. The summed E-state index contributed by atoms with van der Waals surface area (Å²) in [4.78, 5) is 0. The summed E-state index contributed by atoms with van der Waals surface area (Å²) in [6.07, 6.45) is 0.984. The van der Waals surface area contributed by atoms with Crippen molar-refractivity contribution in [3.8, 4) is 11.5 Å². The van der Waals surface area contributed by atoms with Gasteiger partial charge in [0.25, 0.3) is 0 Å². The quantitative estimate of drug-likeness (QED) is 0.384. The van der Waals surface area contributed by atoms with Crippen LogP contribution in [-0.4, -0.2) is 38.5 Å². The number of halogens is 3. The fourth-order valence-electron chi connectivity index (χ4n) is 2.54. The molecule has 8 heteroatoms. The number of rotatable bonds is 12. The minimum absolute atomic E-state index is 0.165. The first-order valence-corrected chi connectivity index (χ1v) is 10.6. The molecule has 0 amide bonds. The number of ether oxygens (including phenoxy) is 2. The zero-order valence-electron chi connectivity index (χ0n) is 15.7. The van der Waals surface area contributed by atoms with Gasteiger partial charge in [-0.3, -0.25) is 0 Å². The molecule has 2 aromatic rings. The Morgan fingerprint density at radius 2 is 1.79 bits per heavy atom. The molecule has 0 radical (unpaired) electrons. The van der Waals surface area contributed by atoms with Crippen LogP contribution in [0.1, 0.15) is 17.5 Å². The van der Waals surface area contributed by atoms with E-state index in [1.54, 1.807) is 19.2 Å². The van der Waals surface area contributed by atoms with Gasteiger partial charge < -0.3 is 25.2 Å². The molecule has 0 aromatic heterocycles. The van der Waals surface area contributed by atoms with E-state index >= 15 is 0 Å². The van der Waals surface area contributed by atoms with E-state index in [1.165, 1.54) is 0 Å². The van der Waals surface area contributed by atoms with Gasteiger partial charge >= 0.3 is 0 Å². The van der Waals surface area contributed by atoms with Crippen molar-refractivity contribution >= 4 is 39.1 Å². The Bertz CT molecular complexity index is 762. The molecule has 3 N–H and O–H groups in total. The highest BCUT2D eigenvalue weighted by atomic mass is 79.9. The van der Waals surface area contributed by atoms with Crippen LogP contribution in [0.25, 0.3) is 0 Å². The van der Waals surface area contributed by atoms with Gasteiger partial charge in [-0.05, 0) is 49.3 Å². The van der Waals surface area contributed by atoms with Gasteiger partial charge in [0.2, 0.25) is 0 Å². The van der Waals surface area contributed by atoms with Gasteiger partial charge in [-0.15, -0.1) is 0 Å². The summed E-state index contributed by atoms with van der Waals surface area (Å²) in [5.74, 6) is 1.30. The van der Waals surface area contributed by atoms with Crippen molar-refractivity contribution in [2.45, 2.75) is 19.6 Å². The van der Waals surface area contributed by atoms with Crippen LogP contribution in [0.5, 0.6) is 11.5 Å². The lowest BCUT2D eigenvalue weighted by atomic mass is 10.2. The monoisotopic (exact) mass is 490 g/mol.